The molecule has 3 aliphatic heterocycles. The maximum atomic E-state index is 13.4. The number of amides is 1. The largest absolute Gasteiger partial charge is 0.394 e. The summed E-state index contributed by atoms with van der Waals surface area (Å²) in [6, 6.07) is -0.993. The Morgan fingerprint density at radius 2 is 0.778 bits per heavy atom. The molecule has 3 saturated heterocycles. The van der Waals surface area contributed by atoms with Crippen molar-refractivity contribution in [2.24, 2.45) is 0 Å². The third-order valence-corrected chi connectivity index (χ3v) is 16.9. The number of carbonyl (C=O) groups is 1. The molecule has 17 unspecified atom stereocenters. The minimum atomic E-state index is -1.98. The topological polar surface area (TPSA) is 307 Å². The van der Waals surface area contributed by atoms with E-state index < -0.39 is 124 Å². The van der Waals surface area contributed by atoms with Gasteiger partial charge in [0, 0.05) is 6.42 Å². The molecular formula is C71H123NO18. The summed E-state index contributed by atoms with van der Waals surface area (Å²) in [5, 5.41) is 120. The molecule has 17 atom stereocenters. The fourth-order valence-corrected chi connectivity index (χ4v) is 11.3. The molecule has 3 rings (SSSR count). The Hall–Kier alpha value is -3.03. The minimum Gasteiger partial charge on any atom is -0.394 e. The molecular weight excluding hydrogens is 1150 g/mol. The SMILES string of the molecule is CC/C=C\C/C=C\C/C=C\C/C=C\C/C=C\CCCCCCCCCCCCCCCCCC(=O)NC(COC1OC(CO)C(OC2OC(CO)C(OC3OC(CO)C(O)C(O)C3O)C(O)C2O)C(O)C1O)C(O)/C=C/CC/C=C/CCCCCCCCCC. The van der Waals surface area contributed by atoms with Crippen LogP contribution in [0, 0.1) is 0 Å². The highest BCUT2D eigenvalue weighted by Crippen LogP contribution is 2.33. The Labute approximate surface area is 540 Å². The van der Waals surface area contributed by atoms with Crippen LogP contribution in [0.15, 0.2) is 85.1 Å². The van der Waals surface area contributed by atoms with Crippen LogP contribution in [-0.2, 0) is 33.2 Å². The highest BCUT2D eigenvalue weighted by Gasteiger charge is 2.53. The van der Waals surface area contributed by atoms with E-state index >= 15 is 0 Å². The van der Waals surface area contributed by atoms with Crippen molar-refractivity contribution in [2.75, 3.05) is 26.4 Å². The van der Waals surface area contributed by atoms with E-state index in [-0.39, 0.29) is 18.9 Å². The van der Waals surface area contributed by atoms with Crippen molar-refractivity contribution in [3.8, 4) is 0 Å². The Morgan fingerprint density at radius 3 is 1.24 bits per heavy atom. The summed E-state index contributed by atoms with van der Waals surface area (Å²) in [4.78, 5) is 13.4. The van der Waals surface area contributed by atoms with Crippen LogP contribution in [-0.4, -0.2) is 193 Å². The Balaban J connectivity index is 1.39. The highest BCUT2D eigenvalue weighted by atomic mass is 16.8. The van der Waals surface area contributed by atoms with Crippen molar-refractivity contribution < 1.29 is 89.4 Å². The maximum Gasteiger partial charge on any atom is 0.220 e. The molecule has 0 saturated carbocycles. The van der Waals surface area contributed by atoms with Crippen LogP contribution in [0.5, 0.6) is 0 Å². The summed E-state index contributed by atoms with van der Waals surface area (Å²) in [6.45, 7) is 1.58. The van der Waals surface area contributed by atoms with Crippen molar-refractivity contribution in [3.63, 3.8) is 0 Å². The Morgan fingerprint density at radius 1 is 0.411 bits per heavy atom. The lowest BCUT2D eigenvalue weighted by Gasteiger charge is -2.48. The first-order valence-corrected chi connectivity index (χ1v) is 34.8. The van der Waals surface area contributed by atoms with E-state index in [2.05, 4.69) is 92.1 Å². The van der Waals surface area contributed by atoms with E-state index in [0.29, 0.717) is 12.8 Å². The van der Waals surface area contributed by atoms with Crippen molar-refractivity contribution in [1.29, 1.82) is 0 Å². The summed E-state index contributed by atoms with van der Waals surface area (Å²) in [6.07, 6.45) is 40.0. The fourth-order valence-electron chi connectivity index (χ4n) is 11.3. The minimum absolute atomic E-state index is 0.231. The Kier molecular flexibility index (Phi) is 47.2. The monoisotopic (exact) mass is 1280 g/mol. The molecule has 0 aromatic heterocycles. The van der Waals surface area contributed by atoms with E-state index in [1.54, 1.807) is 6.08 Å². The second-order valence-corrected chi connectivity index (χ2v) is 24.6. The van der Waals surface area contributed by atoms with E-state index in [1.807, 2.05) is 6.08 Å². The number of ether oxygens (including phenoxy) is 6. The van der Waals surface area contributed by atoms with E-state index in [1.165, 1.54) is 122 Å². The molecule has 1 amide bonds. The van der Waals surface area contributed by atoms with Crippen molar-refractivity contribution in [1.82, 2.24) is 5.32 Å². The first kappa shape index (κ1) is 81.2. The summed E-state index contributed by atoms with van der Waals surface area (Å²) < 4.78 is 34.3. The molecule has 0 radical (unpaired) electrons. The first-order chi connectivity index (χ1) is 43.8. The molecule has 0 aromatic rings. The number of hydrogen-bond donors (Lipinski definition) is 12. The Bertz CT molecular complexity index is 1960. The van der Waals surface area contributed by atoms with Gasteiger partial charge in [-0.2, -0.15) is 0 Å². The maximum absolute atomic E-state index is 13.4. The van der Waals surface area contributed by atoms with Crippen LogP contribution in [0.1, 0.15) is 226 Å². The van der Waals surface area contributed by atoms with Crippen LogP contribution in [0.25, 0.3) is 0 Å². The van der Waals surface area contributed by atoms with Crippen LogP contribution >= 0.6 is 0 Å². The predicted molar refractivity (Wildman–Crippen MR) is 351 cm³/mol. The van der Waals surface area contributed by atoms with Gasteiger partial charge in [0.05, 0.1) is 38.6 Å². The van der Waals surface area contributed by atoms with Gasteiger partial charge in [0.1, 0.15) is 73.2 Å². The first-order valence-electron chi connectivity index (χ1n) is 34.8. The molecule has 3 fully saturated rings. The van der Waals surface area contributed by atoms with Gasteiger partial charge in [-0.1, -0.05) is 227 Å². The second-order valence-electron chi connectivity index (χ2n) is 24.6. The predicted octanol–water partition coefficient (Wildman–Crippen LogP) is 9.10. The van der Waals surface area contributed by atoms with E-state index in [9.17, 15) is 61.0 Å². The van der Waals surface area contributed by atoms with Gasteiger partial charge in [0.25, 0.3) is 0 Å². The number of hydrogen-bond acceptors (Lipinski definition) is 18. The number of rotatable bonds is 52. The third-order valence-electron chi connectivity index (χ3n) is 16.9. The highest BCUT2D eigenvalue weighted by molar-refractivity contribution is 5.76. The van der Waals surface area contributed by atoms with Gasteiger partial charge in [-0.3, -0.25) is 4.79 Å². The molecule has 0 aliphatic carbocycles. The summed E-state index contributed by atoms with van der Waals surface area (Å²) in [5.74, 6) is -0.289. The smallest absolute Gasteiger partial charge is 0.220 e. The molecule has 520 valence electrons. The number of aliphatic hydroxyl groups is 11. The number of unbranched alkanes of at least 4 members (excludes halogenated alkanes) is 24. The van der Waals surface area contributed by atoms with Crippen molar-refractivity contribution in [3.05, 3.63) is 85.1 Å². The normalized spacial score (nSPS) is 28.6. The number of carbonyl (C=O) groups excluding carboxylic acids is 1. The van der Waals surface area contributed by atoms with Gasteiger partial charge in [0.15, 0.2) is 18.9 Å². The molecule has 3 aliphatic rings. The third kappa shape index (κ3) is 33.9. The average molecular weight is 1280 g/mol. The van der Waals surface area contributed by atoms with Gasteiger partial charge in [-0.25, -0.2) is 0 Å². The molecule has 3 heterocycles. The zero-order valence-electron chi connectivity index (χ0n) is 54.8. The summed E-state index contributed by atoms with van der Waals surface area (Å²) >= 11 is 0. The van der Waals surface area contributed by atoms with Gasteiger partial charge >= 0.3 is 0 Å². The molecule has 19 nitrogen and oxygen atoms in total. The van der Waals surface area contributed by atoms with Gasteiger partial charge in [-0.15, -0.1) is 0 Å². The summed E-state index contributed by atoms with van der Waals surface area (Å²) in [5.41, 5.74) is 0. The second kappa shape index (κ2) is 52.3. The zero-order valence-corrected chi connectivity index (χ0v) is 54.8. The number of nitrogens with one attached hydrogen (secondary N) is 1. The van der Waals surface area contributed by atoms with Crippen LogP contribution < -0.4 is 5.32 Å². The lowest BCUT2D eigenvalue weighted by molar-refractivity contribution is -0.379. The van der Waals surface area contributed by atoms with Crippen LogP contribution in [0.4, 0.5) is 0 Å². The fraction of sp³-hybridized carbons (Fsp3) is 0.789. The van der Waals surface area contributed by atoms with E-state index in [4.69, 9.17) is 28.4 Å². The van der Waals surface area contributed by atoms with Gasteiger partial charge in [0.2, 0.25) is 5.91 Å². The molecule has 0 bridgehead atoms. The van der Waals surface area contributed by atoms with Crippen molar-refractivity contribution >= 4 is 5.91 Å². The molecule has 12 N–H and O–H groups in total. The van der Waals surface area contributed by atoms with Crippen molar-refractivity contribution in [2.45, 2.75) is 330 Å². The summed E-state index contributed by atoms with van der Waals surface area (Å²) in [7, 11) is 0. The van der Waals surface area contributed by atoms with Crippen LogP contribution in [0.3, 0.4) is 0 Å². The van der Waals surface area contributed by atoms with E-state index in [0.717, 1.165) is 70.6 Å². The lowest BCUT2D eigenvalue weighted by atomic mass is 9.96. The lowest BCUT2D eigenvalue weighted by Crippen LogP contribution is -2.66. The zero-order chi connectivity index (χ0) is 65.4. The average Bonchev–Trinajstić information content (AvgIpc) is 0.908. The standard InChI is InChI=1S/C71H123NO18/c1-3-5-7-9-11-13-15-17-19-20-21-22-23-24-25-26-27-28-29-30-31-32-33-34-35-37-39-41-43-45-47-49-59(77)72-54(55(76)48-46-44-42-40-38-36-18-16-14-12-10-8-6-4-2)53-85-69-65(83)62(80)67(57(51-74)87-69)90-71-66(84)63(81)68(58(52-75)88-71)89-70-64(82)61(79)60(78)56(50-73)86-70/h5,7,11,13,17,19,21-22,24-25,38,40,46,48,54-58,60-71,73-76,78-84H,3-4,6,8-10,12,14-16,18,20,23,26-37,39,41-45,47,49-53H2,1-2H3,(H,72,77)/b7-5-,13-11-,19-17-,22-21-,25-24-,40-38+,48-46+. The molecule has 90 heavy (non-hydrogen) atoms. The quantitative estimate of drug-likeness (QED) is 0.0200. The van der Waals surface area contributed by atoms with Crippen LogP contribution in [0.2, 0.25) is 0 Å². The molecule has 0 spiro atoms. The molecule has 19 heteroatoms. The molecule has 0 aromatic carbocycles. The number of aliphatic hydroxyl groups excluding tert-OH is 11. The van der Waals surface area contributed by atoms with Gasteiger partial charge < -0.3 is 89.9 Å². The van der Waals surface area contributed by atoms with Gasteiger partial charge in [-0.05, 0) is 77.0 Å². The number of allylic oxidation sites excluding steroid dienone is 13.